The van der Waals surface area contributed by atoms with Crippen molar-refractivity contribution in [3.63, 3.8) is 0 Å². The molecule has 0 fully saturated rings. The van der Waals surface area contributed by atoms with Crippen molar-refractivity contribution in [1.82, 2.24) is 9.78 Å². The lowest BCUT2D eigenvalue weighted by atomic mass is 10.5. The quantitative estimate of drug-likeness (QED) is 0.714. The van der Waals surface area contributed by atoms with Gasteiger partial charge in [0.25, 0.3) is 0 Å². The Morgan fingerprint density at radius 2 is 2.25 bits per heavy atom. The highest BCUT2D eigenvalue weighted by Crippen LogP contribution is 2.13. The van der Waals surface area contributed by atoms with Gasteiger partial charge in [-0.3, -0.25) is 4.68 Å². The van der Waals surface area contributed by atoms with Gasteiger partial charge in [-0.1, -0.05) is 11.6 Å². The number of hydrogen-bond acceptors (Lipinski definition) is 3. The molecule has 0 aliphatic heterocycles. The second-order valence-electron chi connectivity index (χ2n) is 2.27. The van der Waals surface area contributed by atoms with E-state index in [-0.39, 0.29) is 5.75 Å². The van der Waals surface area contributed by atoms with Gasteiger partial charge in [0.05, 0.1) is 5.69 Å². The third-order valence-corrected chi connectivity index (χ3v) is 2.52. The molecule has 0 spiro atoms. The molecule has 1 rings (SSSR count). The van der Waals surface area contributed by atoms with Crippen molar-refractivity contribution < 1.29 is 8.42 Å². The SMILES string of the molecule is Cn1nc(CS(=O)(=O)Cl)cc1Cl. The van der Waals surface area contributed by atoms with Crippen molar-refractivity contribution in [1.29, 1.82) is 0 Å². The molecule has 12 heavy (non-hydrogen) atoms. The largest absolute Gasteiger partial charge is 0.257 e. The fraction of sp³-hybridized carbons (Fsp3) is 0.400. The molecule has 0 aliphatic rings. The van der Waals surface area contributed by atoms with E-state index in [1.54, 1.807) is 7.05 Å². The lowest BCUT2D eigenvalue weighted by molar-refractivity contribution is 0.607. The number of halogens is 2. The van der Waals surface area contributed by atoms with Gasteiger partial charge in [-0.05, 0) is 6.07 Å². The third kappa shape index (κ3) is 2.66. The molecule has 0 aromatic carbocycles. The van der Waals surface area contributed by atoms with Gasteiger partial charge in [-0.15, -0.1) is 0 Å². The van der Waals surface area contributed by atoms with Gasteiger partial charge in [0, 0.05) is 17.7 Å². The van der Waals surface area contributed by atoms with Crippen LogP contribution in [0, 0.1) is 0 Å². The van der Waals surface area contributed by atoms with Crippen LogP contribution >= 0.6 is 22.3 Å². The number of aryl methyl sites for hydroxylation is 1. The Balaban J connectivity index is 2.92. The van der Waals surface area contributed by atoms with Gasteiger partial charge in [0.15, 0.2) is 0 Å². The molecule has 7 heteroatoms. The highest BCUT2D eigenvalue weighted by Gasteiger charge is 2.11. The molecule has 0 bridgehead atoms. The van der Waals surface area contributed by atoms with Gasteiger partial charge >= 0.3 is 0 Å². The van der Waals surface area contributed by atoms with Crippen molar-refractivity contribution >= 4 is 31.3 Å². The number of aromatic nitrogens is 2. The Morgan fingerprint density at radius 1 is 1.67 bits per heavy atom. The molecule has 68 valence electrons. The second-order valence-corrected chi connectivity index (χ2v) is 5.43. The normalized spacial score (nSPS) is 11.9. The van der Waals surface area contributed by atoms with E-state index in [2.05, 4.69) is 5.10 Å². The minimum absolute atomic E-state index is 0.297. The molecule has 0 saturated carbocycles. The molecule has 1 aromatic rings. The van der Waals surface area contributed by atoms with Crippen molar-refractivity contribution in [3.8, 4) is 0 Å². The van der Waals surface area contributed by atoms with Gasteiger partial charge in [-0.2, -0.15) is 5.10 Å². The van der Waals surface area contributed by atoms with E-state index in [1.807, 2.05) is 0 Å². The van der Waals surface area contributed by atoms with Crippen LogP contribution in [0.3, 0.4) is 0 Å². The van der Waals surface area contributed by atoms with Gasteiger partial charge in [0.1, 0.15) is 10.9 Å². The van der Waals surface area contributed by atoms with E-state index in [9.17, 15) is 8.42 Å². The zero-order valence-corrected chi connectivity index (χ0v) is 8.49. The van der Waals surface area contributed by atoms with Crippen LogP contribution < -0.4 is 0 Å². The highest BCUT2D eigenvalue weighted by atomic mass is 35.7. The molecule has 0 saturated heterocycles. The fourth-order valence-electron chi connectivity index (χ4n) is 0.747. The maximum absolute atomic E-state index is 10.6. The zero-order chi connectivity index (χ0) is 9.35. The van der Waals surface area contributed by atoms with Crippen molar-refractivity contribution in [2.24, 2.45) is 7.05 Å². The van der Waals surface area contributed by atoms with Crippen molar-refractivity contribution in [2.75, 3.05) is 0 Å². The van der Waals surface area contributed by atoms with Crippen LogP contribution in [-0.2, 0) is 21.9 Å². The van der Waals surface area contributed by atoms with E-state index in [1.165, 1.54) is 10.7 Å². The molecule has 0 radical (unpaired) electrons. The zero-order valence-electron chi connectivity index (χ0n) is 6.16. The Kier molecular flexibility index (Phi) is 2.65. The molecule has 0 aliphatic carbocycles. The summed E-state index contributed by atoms with van der Waals surface area (Å²) in [6.45, 7) is 0. The summed E-state index contributed by atoms with van der Waals surface area (Å²) in [6, 6.07) is 1.46. The van der Waals surface area contributed by atoms with Crippen LogP contribution in [-0.4, -0.2) is 18.2 Å². The second kappa shape index (κ2) is 3.24. The van der Waals surface area contributed by atoms with E-state index in [0.717, 1.165) is 0 Å². The highest BCUT2D eigenvalue weighted by molar-refractivity contribution is 8.13. The number of nitrogens with zero attached hydrogens (tertiary/aromatic N) is 2. The summed E-state index contributed by atoms with van der Waals surface area (Å²) >= 11 is 5.62. The fourth-order valence-corrected chi connectivity index (χ4v) is 1.74. The number of hydrogen-bond donors (Lipinski definition) is 0. The Morgan fingerprint density at radius 3 is 2.58 bits per heavy atom. The summed E-state index contributed by atoms with van der Waals surface area (Å²) in [4.78, 5) is 0. The first-order chi connectivity index (χ1) is 5.38. The molecule has 4 nitrogen and oxygen atoms in total. The first-order valence-electron chi connectivity index (χ1n) is 2.99. The topological polar surface area (TPSA) is 52.0 Å². The van der Waals surface area contributed by atoms with Crippen LogP contribution in [0.15, 0.2) is 6.07 Å². The standard InChI is InChI=1S/C5H6Cl2N2O2S/c1-9-5(6)2-4(8-9)3-12(7,10)11/h2H,3H2,1H3. The summed E-state index contributed by atoms with van der Waals surface area (Å²) in [5, 5.41) is 4.20. The first kappa shape index (κ1) is 9.83. The molecular formula is C5H6Cl2N2O2S. The molecular weight excluding hydrogens is 223 g/mol. The van der Waals surface area contributed by atoms with Crippen LogP contribution in [0.5, 0.6) is 0 Å². The summed E-state index contributed by atoms with van der Waals surface area (Å²) in [7, 11) is 3.08. The van der Waals surface area contributed by atoms with Crippen molar-refractivity contribution in [2.45, 2.75) is 5.75 Å². The van der Waals surface area contributed by atoms with E-state index < -0.39 is 9.05 Å². The Hall–Kier alpha value is -0.260. The molecule has 0 amide bonds. The maximum Gasteiger partial charge on any atom is 0.238 e. The van der Waals surface area contributed by atoms with E-state index >= 15 is 0 Å². The molecule has 0 unspecified atom stereocenters. The Bertz CT molecular complexity index is 365. The third-order valence-electron chi connectivity index (χ3n) is 1.19. The van der Waals surface area contributed by atoms with Gasteiger partial charge in [0.2, 0.25) is 9.05 Å². The lowest BCUT2D eigenvalue weighted by Gasteiger charge is -1.89. The van der Waals surface area contributed by atoms with Gasteiger partial charge in [-0.25, -0.2) is 8.42 Å². The monoisotopic (exact) mass is 228 g/mol. The minimum atomic E-state index is -3.54. The predicted octanol–water partition coefficient (Wildman–Crippen LogP) is 1.14. The summed E-state index contributed by atoms with van der Waals surface area (Å²) < 4.78 is 22.6. The summed E-state index contributed by atoms with van der Waals surface area (Å²) in [6.07, 6.45) is 0. The maximum atomic E-state index is 10.6. The van der Waals surface area contributed by atoms with E-state index in [0.29, 0.717) is 10.8 Å². The van der Waals surface area contributed by atoms with Crippen molar-refractivity contribution in [3.05, 3.63) is 16.9 Å². The van der Waals surface area contributed by atoms with Crippen LogP contribution in [0.4, 0.5) is 0 Å². The van der Waals surface area contributed by atoms with Crippen LogP contribution in [0.2, 0.25) is 5.15 Å². The average molecular weight is 229 g/mol. The predicted molar refractivity (Wildman–Crippen MR) is 46.7 cm³/mol. The molecule has 0 atom stereocenters. The Labute approximate surface area is 79.5 Å². The average Bonchev–Trinajstić information content (AvgIpc) is 2.07. The van der Waals surface area contributed by atoms with Crippen LogP contribution in [0.1, 0.15) is 5.69 Å². The lowest BCUT2D eigenvalue weighted by Crippen LogP contribution is -1.97. The van der Waals surface area contributed by atoms with Gasteiger partial charge < -0.3 is 0 Å². The first-order valence-corrected chi connectivity index (χ1v) is 5.85. The molecule has 1 aromatic heterocycles. The summed E-state index contributed by atoms with van der Waals surface area (Å²) in [5.74, 6) is -0.297. The number of rotatable bonds is 2. The molecule has 1 heterocycles. The molecule has 0 N–H and O–H groups in total. The smallest absolute Gasteiger partial charge is 0.238 e. The van der Waals surface area contributed by atoms with Crippen LogP contribution in [0.25, 0.3) is 0 Å². The minimum Gasteiger partial charge on any atom is -0.257 e. The van der Waals surface area contributed by atoms with E-state index in [4.69, 9.17) is 22.3 Å². The summed E-state index contributed by atoms with van der Waals surface area (Å²) in [5.41, 5.74) is 0.345.